The average Bonchev–Trinajstić information content (AvgIpc) is 2.72. The van der Waals surface area contributed by atoms with Gasteiger partial charge in [-0.05, 0) is 30.5 Å². The fraction of sp³-hybridized carbons (Fsp3) is 0.364. The van der Waals surface area contributed by atoms with Gasteiger partial charge in [0.25, 0.3) is 5.91 Å². The molecule has 1 atom stereocenters. The van der Waals surface area contributed by atoms with Gasteiger partial charge in [-0.2, -0.15) is 0 Å². The van der Waals surface area contributed by atoms with Crippen LogP contribution in [0.2, 0.25) is 0 Å². The molecule has 0 aliphatic carbocycles. The zero-order chi connectivity index (χ0) is 19.7. The standard InChI is InChI=1S/C22H29N3O2/c1-3-22(23,4-2)16-24-20(26)15-19(17-11-7-5-8-12-17)25-21(27)18-13-9-6-10-14-18/h5-14,19H,3-4,15-16,23H2,1-2H3,(H,24,26)(H,25,27). The quantitative estimate of drug-likeness (QED) is 0.636. The Labute approximate surface area is 161 Å². The molecule has 0 aliphatic heterocycles. The maximum absolute atomic E-state index is 12.6. The lowest BCUT2D eigenvalue weighted by Gasteiger charge is -2.27. The van der Waals surface area contributed by atoms with Gasteiger partial charge in [0.15, 0.2) is 0 Å². The van der Waals surface area contributed by atoms with Gasteiger partial charge in [0.1, 0.15) is 0 Å². The molecule has 1 unspecified atom stereocenters. The van der Waals surface area contributed by atoms with Gasteiger partial charge in [-0.3, -0.25) is 9.59 Å². The fourth-order valence-electron chi connectivity index (χ4n) is 2.80. The van der Waals surface area contributed by atoms with E-state index in [-0.39, 0.29) is 18.2 Å². The van der Waals surface area contributed by atoms with Crippen LogP contribution in [0.4, 0.5) is 0 Å². The van der Waals surface area contributed by atoms with Crippen LogP contribution >= 0.6 is 0 Å². The Morgan fingerprint density at radius 2 is 1.52 bits per heavy atom. The molecule has 0 saturated carbocycles. The van der Waals surface area contributed by atoms with Gasteiger partial charge < -0.3 is 16.4 Å². The van der Waals surface area contributed by atoms with E-state index in [9.17, 15) is 9.59 Å². The molecule has 2 aromatic carbocycles. The van der Waals surface area contributed by atoms with Crippen LogP contribution < -0.4 is 16.4 Å². The van der Waals surface area contributed by atoms with E-state index in [4.69, 9.17) is 5.73 Å². The van der Waals surface area contributed by atoms with E-state index in [1.54, 1.807) is 12.1 Å². The molecule has 4 N–H and O–H groups in total. The molecule has 0 aromatic heterocycles. The smallest absolute Gasteiger partial charge is 0.251 e. The molecular formula is C22H29N3O2. The first-order valence-corrected chi connectivity index (χ1v) is 9.44. The molecule has 2 rings (SSSR count). The van der Waals surface area contributed by atoms with Crippen molar-refractivity contribution in [1.82, 2.24) is 10.6 Å². The molecule has 0 heterocycles. The lowest BCUT2D eigenvalue weighted by atomic mass is 9.94. The largest absolute Gasteiger partial charge is 0.354 e. The molecule has 2 amide bonds. The van der Waals surface area contributed by atoms with Gasteiger partial charge in [-0.15, -0.1) is 0 Å². The van der Waals surface area contributed by atoms with Crippen LogP contribution in [-0.2, 0) is 4.79 Å². The number of carbonyl (C=O) groups excluding carboxylic acids is 2. The second-order valence-corrected chi connectivity index (χ2v) is 6.85. The summed E-state index contributed by atoms with van der Waals surface area (Å²) < 4.78 is 0. The molecule has 2 aromatic rings. The van der Waals surface area contributed by atoms with E-state index in [1.807, 2.05) is 62.4 Å². The van der Waals surface area contributed by atoms with Crippen molar-refractivity contribution in [1.29, 1.82) is 0 Å². The summed E-state index contributed by atoms with van der Waals surface area (Å²) in [6, 6.07) is 18.1. The number of nitrogens with two attached hydrogens (primary N) is 1. The summed E-state index contributed by atoms with van der Waals surface area (Å²) in [4.78, 5) is 25.1. The van der Waals surface area contributed by atoms with Gasteiger partial charge in [0.2, 0.25) is 5.91 Å². The van der Waals surface area contributed by atoms with Crippen LogP contribution in [0, 0.1) is 0 Å². The molecule has 144 valence electrons. The number of rotatable bonds is 9. The van der Waals surface area contributed by atoms with Crippen molar-refractivity contribution in [2.24, 2.45) is 5.73 Å². The van der Waals surface area contributed by atoms with E-state index < -0.39 is 11.6 Å². The van der Waals surface area contributed by atoms with Crippen molar-refractivity contribution >= 4 is 11.8 Å². The van der Waals surface area contributed by atoms with E-state index in [0.717, 1.165) is 18.4 Å². The van der Waals surface area contributed by atoms with Crippen LogP contribution in [0.15, 0.2) is 60.7 Å². The first-order valence-electron chi connectivity index (χ1n) is 9.44. The highest BCUT2D eigenvalue weighted by molar-refractivity contribution is 5.94. The SMILES string of the molecule is CCC(N)(CC)CNC(=O)CC(NC(=O)c1ccccc1)c1ccccc1. The van der Waals surface area contributed by atoms with Crippen molar-refractivity contribution in [3.63, 3.8) is 0 Å². The van der Waals surface area contributed by atoms with E-state index in [2.05, 4.69) is 10.6 Å². The van der Waals surface area contributed by atoms with Gasteiger partial charge in [0.05, 0.1) is 12.5 Å². The molecule has 0 saturated heterocycles. The summed E-state index contributed by atoms with van der Waals surface area (Å²) in [5.74, 6) is -0.332. The number of hydrogen-bond donors (Lipinski definition) is 3. The lowest BCUT2D eigenvalue weighted by Crippen LogP contribution is -2.49. The van der Waals surface area contributed by atoms with Crippen LogP contribution in [0.3, 0.4) is 0 Å². The maximum atomic E-state index is 12.6. The Morgan fingerprint density at radius 3 is 2.07 bits per heavy atom. The first kappa shape index (κ1) is 20.6. The Hall–Kier alpha value is -2.66. The van der Waals surface area contributed by atoms with Crippen molar-refractivity contribution < 1.29 is 9.59 Å². The van der Waals surface area contributed by atoms with E-state index in [1.165, 1.54) is 0 Å². The third kappa shape index (κ3) is 6.22. The topological polar surface area (TPSA) is 84.2 Å². The van der Waals surface area contributed by atoms with Crippen LogP contribution in [0.1, 0.15) is 55.1 Å². The highest BCUT2D eigenvalue weighted by Crippen LogP contribution is 2.18. The normalized spacial score (nSPS) is 12.3. The monoisotopic (exact) mass is 367 g/mol. The van der Waals surface area contributed by atoms with Gasteiger partial charge in [0, 0.05) is 17.6 Å². The zero-order valence-corrected chi connectivity index (χ0v) is 16.1. The number of hydrogen-bond acceptors (Lipinski definition) is 3. The second-order valence-electron chi connectivity index (χ2n) is 6.85. The third-order valence-corrected chi connectivity index (χ3v) is 4.98. The third-order valence-electron chi connectivity index (χ3n) is 4.98. The summed E-state index contributed by atoms with van der Waals surface area (Å²) >= 11 is 0. The van der Waals surface area contributed by atoms with Gasteiger partial charge >= 0.3 is 0 Å². The number of carbonyl (C=O) groups is 2. The van der Waals surface area contributed by atoms with Gasteiger partial charge in [-0.1, -0.05) is 62.4 Å². The minimum atomic E-state index is -0.408. The first-order chi connectivity index (χ1) is 13.0. The Morgan fingerprint density at radius 1 is 0.963 bits per heavy atom. The van der Waals surface area contributed by atoms with Crippen LogP contribution in [-0.4, -0.2) is 23.9 Å². The minimum absolute atomic E-state index is 0.131. The number of benzene rings is 2. The van der Waals surface area contributed by atoms with E-state index in [0.29, 0.717) is 12.1 Å². The molecular weight excluding hydrogens is 338 g/mol. The summed E-state index contributed by atoms with van der Waals surface area (Å²) in [5, 5.41) is 5.90. The van der Waals surface area contributed by atoms with E-state index >= 15 is 0 Å². The summed E-state index contributed by atoms with van der Waals surface area (Å²) in [6.07, 6.45) is 1.74. The minimum Gasteiger partial charge on any atom is -0.354 e. The summed E-state index contributed by atoms with van der Waals surface area (Å²) in [5.41, 5.74) is 7.32. The average molecular weight is 367 g/mol. The Balaban J connectivity index is 2.07. The highest BCUT2D eigenvalue weighted by atomic mass is 16.2. The second kappa shape index (κ2) is 9.88. The molecule has 27 heavy (non-hydrogen) atoms. The molecule has 5 heteroatoms. The lowest BCUT2D eigenvalue weighted by molar-refractivity contribution is -0.121. The highest BCUT2D eigenvalue weighted by Gasteiger charge is 2.23. The predicted molar refractivity (Wildman–Crippen MR) is 108 cm³/mol. The number of amides is 2. The van der Waals surface area contributed by atoms with Crippen molar-refractivity contribution in [2.45, 2.75) is 44.7 Å². The molecule has 0 fully saturated rings. The fourth-order valence-corrected chi connectivity index (χ4v) is 2.80. The van der Waals surface area contributed by atoms with Crippen molar-refractivity contribution in [3.8, 4) is 0 Å². The van der Waals surface area contributed by atoms with Gasteiger partial charge in [-0.25, -0.2) is 0 Å². The zero-order valence-electron chi connectivity index (χ0n) is 16.1. The molecule has 0 spiro atoms. The predicted octanol–water partition coefficient (Wildman–Crippen LogP) is 3.18. The maximum Gasteiger partial charge on any atom is 0.251 e. The molecule has 0 bridgehead atoms. The molecule has 5 nitrogen and oxygen atoms in total. The Bertz CT molecular complexity index is 728. The summed E-state index contributed by atoms with van der Waals surface area (Å²) in [7, 11) is 0. The molecule has 0 radical (unpaired) electrons. The van der Waals surface area contributed by atoms with Crippen molar-refractivity contribution in [2.75, 3.05) is 6.54 Å². The van der Waals surface area contributed by atoms with Crippen molar-refractivity contribution in [3.05, 3.63) is 71.8 Å². The number of nitrogens with one attached hydrogen (secondary N) is 2. The van der Waals surface area contributed by atoms with Crippen LogP contribution in [0.25, 0.3) is 0 Å². The Kier molecular flexibility index (Phi) is 7.55. The summed E-state index contributed by atoms with van der Waals surface area (Å²) in [6.45, 7) is 4.46. The molecule has 0 aliphatic rings. The van der Waals surface area contributed by atoms with Crippen LogP contribution in [0.5, 0.6) is 0 Å².